The first kappa shape index (κ1) is 15.8. The van der Waals surface area contributed by atoms with Crippen molar-refractivity contribution in [3.05, 3.63) is 53.9 Å². The Kier molecular flexibility index (Phi) is 4.21. The van der Waals surface area contributed by atoms with E-state index < -0.39 is 0 Å². The van der Waals surface area contributed by atoms with E-state index in [2.05, 4.69) is 21.3 Å². The Bertz CT molecular complexity index is 834. The number of fused-ring (bicyclic) bond motifs is 3. The van der Waals surface area contributed by atoms with Crippen LogP contribution < -0.4 is 5.32 Å². The molecule has 1 aromatic heterocycles. The molecule has 5 rings (SSSR count). The van der Waals surface area contributed by atoms with Crippen molar-refractivity contribution < 1.29 is 4.79 Å². The lowest BCUT2D eigenvalue weighted by atomic mass is 9.84. The van der Waals surface area contributed by atoms with E-state index >= 15 is 0 Å². The number of hydrogen-bond donors (Lipinski definition) is 1. The minimum atomic E-state index is -0.0389. The summed E-state index contributed by atoms with van der Waals surface area (Å²) >= 11 is 0. The number of carbonyl (C=O) groups excluding carboxylic acids is 1. The SMILES string of the molecule is N#Cc1ncccc1-c1cccc(C(=O)NC2CN3CCC2CC3)c1. The summed E-state index contributed by atoms with van der Waals surface area (Å²) in [5, 5.41) is 12.5. The number of carbonyl (C=O) groups is 1. The molecule has 1 atom stereocenters. The van der Waals surface area contributed by atoms with Crippen LogP contribution >= 0.6 is 0 Å². The van der Waals surface area contributed by atoms with Gasteiger partial charge in [0, 0.05) is 29.9 Å². The molecule has 0 aliphatic carbocycles. The number of hydrogen-bond acceptors (Lipinski definition) is 4. The zero-order chi connectivity index (χ0) is 17.2. The Morgan fingerprint density at radius 2 is 2.08 bits per heavy atom. The third-order valence-corrected chi connectivity index (χ3v) is 5.32. The first-order chi connectivity index (χ1) is 12.2. The summed E-state index contributed by atoms with van der Waals surface area (Å²) in [6, 6.07) is 13.4. The molecule has 0 saturated carbocycles. The molecule has 3 aliphatic rings. The zero-order valence-electron chi connectivity index (χ0n) is 14.0. The quantitative estimate of drug-likeness (QED) is 0.937. The third kappa shape index (κ3) is 3.13. The van der Waals surface area contributed by atoms with Crippen LogP contribution in [0.15, 0.2) is 42.6 Å². The summed E-state index contributed by atoms with van der Waals surface area (Å²) in [6.07, 6.45) is 3.95. The molecule has 2 bridgehead atoms. The van der Waals surface area contributed by atoms with Crippen molar-refractivity contribution in [3.63, 3.8) is 0 Å². The van der Waals surface area contributed by atoms with Gasteiger partial charge in [0.25, 0.3) is 5.91 Å². The van der Waals surface area contributed by atoms with Gasteiger partial charge in [0.1, 0.15) is 11.8 Å². The maximum atomic E-state index is 12.7. The lowest BCUT2D eigenvalue weighted by molar-refractivity contribution is 0.0620. The van der Waals surface area contributed by atoms with E-state index in [4.69, 9.17) is 0 Å². The van der Waals surface area contributed by atoms with Gasteiger partial charge >= 0.3 is 0 Å². The van der Waals surface area contributed by atoms with E-state index in [1.807, 2.05) is 30.3 Å². The van der Waals surface area contributed by atoms with Crippen LogP contribution in [0.3, 0.4) is 0 Å². The summed E-state index contributed by atoms with van der Waals surface area (Å²) in [4.78, 5) is 19.2. The van der Waals surface area contributed by atoms with Crippen LogP contribution in [0, 0.1) is 17.2 Å². The number of amides is 1. The predicted octanol–water partition coefficient (Wildman–Crippen LogP) is 2.44. The van der Waals surface area contributed by atoms with Crippen molar-refractivity contribution in [3.8, 4) is 17.2 Å². The number of aromatic nitrogens is 1. The molecule has 1 N–H and O–H groups in total. The monoisotopic (exact) mass is 332 g/mol. The summed E-state index contributed by atoms with van der Waals surface area (Å²) < 4.78 is 0. The van der Waals surface area contributed by atoms with Gasteiger partial charge in [0.2, 0.25) is 0 Å². The number of nitriles is 1. The van der Waals surface area contributed by atoms with Crippen LogP contribution in [0.25, 0.3) is 11.1 Å². The highest BCUT2D eigenvalue weighted by molar-refractivity contribution is 5.95. The van der Waals surface area contributed by atoms with Crippen LogP contribution in [-0.4, -0.2) is 41.5 Å². The maximum Gasteiger partial charge on any atom is 0.251 e. The van der Waals surface area contributed by atoms with Crippen molar-refractivity contribution in [2.75, 3.05) is 19.6 Å². The van der Waals surface area contributed by atoms with Gasteiger partial charge < -0.3 is 10.2 Å². The zero-order valence-corrected chi connectivity index (χ0v) is 14.0. The summed E-state index contributed by atoms with van der Waals surface area (Å²) in [5.41, 5.74) is 2.59. The highest BCUT2D eigenvalue weighted by Gasteiger charge is 2.34. The van der Waals surface area contributed by atoms with Crippen molar-refractivity contribution in [2.24, 2.45) is 5.92 Å². The van der Waals surface area contributed by atoms with Crippen molar-refractivity contribution >= 4 is 5.91 Å². The Hall–Kier alpha value is -2.71. The summed E-state index contributed by atoms with van der Waals surface area (Å²) in [6.45, 7) is 3.27. The number of nitrogens with one attached hydrogen (secondary N) is 1. The van der Waals surface area contributed by atoms with Crippen molar-refractivity contribution in [2.45, 2.75) is 18.9 Å². The summed E-state index contributed by atoms with van der Waals surface area (Å²) in [5.74, 6) is 0.559. The van der Waals surface area contributed by atoms with Gasteiger partial charge in [-0.3, -0.25) is 4.79 Å². The average molecular weight is 332 g/mol. The number of piperidine rings is 3. The Balaban J connectivity index is 1.55. The van der Waals surface area contributed by atoms with E-state index in [0.29, 0.717) is 17.2 Å². The van der Waals surface area contributed by atoms with Gasteiger partial charge in [0.05, 0.1) is 0 Å². The second-order valence-electron chi connectivity index (χ2n) is 6.81. The lowest BCUT2D eigenvalue weighted by Gasteiger charge is -2.44. The Morgan fingerprint density at radius 3 is 2.80 bits per heavy atom. The van der Waals surface area contributed by atoms with Gasteiger partial charge in [-0.2, -0.15) is 5.26 Å². The molecule has 3 fully saturated rings. The molecule has 2 aromatic rings. The van der Waals surface area contributed by atoms with Gasteiger partial charge in [0.15, 0.2) is 0 Å². The highest BCUT2D eigenvalue weighted by atomic mass is 16.1. The third-order valence-electron chi connectivity index (χ3n) is 5.32. The number of nitrogens with zero attached hydrogens (tertiary/aromatic N) is 3. The standard InChI is InChI=1S/C20H20N4O/c21-12-18-17(5-2-8-22-18)15-3-1-4-16(11-15)20(25)23-19-13-24-9-6-14(19)7-10-24/h1-5,8,11,14,19H,6-7,9-10,13H2,(H,23,25). The molecule has 5 heteroatoms. The van der Waals surface area contributed by atoms with Crippen LogP contribution in [0.5, 0.6) is 0 Å². The summed E-state index contributed by atoms with van der Waals surface area (Å²) in [7, 11) is 0. The Labute approximate surface area is 147 Å². The molecular weight excluding hydrogens is 312 g/mol. The number of pyridine rings is 1. The molecule has 0 radical (unpaired) electrons. The van der Waals surface area contributed by atoms with Gasteiger partial charge in [-0.05, 0) is 61.7 Å². The Morgan fingerprint density at radius 1 is 1.24 bits per heavy atom. The van der Waals surface area contributed by atoms with E-state index in [9.17, 15) is 10.1 Å². The fourth-order valence-electron chi connectivity index (χ4n) is 3.94. The molecule has 0 spiro atoms. The van der Waals surface area contributed by atoms with E-state index in [0.717, 1.165) is 30.8 Å². The van der Waals surface area contributed by atoms with E-state index in [-0.39, 0.29) is 11.9 Å². The van der Waals surface area contributed by atoms with Gasteiger partial charge in [-0.25, -0.2) is 4.98 Å². The first-order valence-electron chi connectivity index (χ1n) is 8.73. The molecule has 5 nitrogen and oxygen atoms in total. The largest absolute Gasteiger partial charge is 0.348 e. The fraction of sp³-hybridized carbons (Fsp3) is 0.350. The molecule has 1 aromatic carbocycles. The smallest absolute Gasteiger partial charge is 0.251 e. The molecule has 1 amide bonds. The topological polar surface area (TPSA) is 69.0 Å². The van der Waals surface area contributed by atoms with Crippen LogP contribution in [0.1, 0.15) is 28.9 Å². The molecule has 4 heterocycles. The maximum absolute atomic E-state index is 12.7. The normalized spacial score (nSPS) is 24.5. The van der Waals surface area contributed by atoms with Crippen LogP contribution in [0.2, 0.25) is 0 Å². The molecular formula is C20H20N4O. The lowest BCUT2D eigenvalue weighted by Crippen LogP contribution is -2.57. The van der Waals surface area contributed by atoms with Crippen LogP contribution in [0.4, 0.5) is 0 Å². The molecule has 25 heavy (non-hydrogen) atoms. The van der Waals surface area contributed by atoms with Crippen molar-refractivity contribution in [1.29, 1.82) is 5.26 Å². The van der Waals surface area contributed by atoms with E-state index in [1.54, 1.807) is 12.3 Å². The molecule has 3 saturated heterocycles. The fourth-order valence-corrected chi connectivity index (χ4v) is 3.94. The first-order valence-corrected chi connectivity index (χ1v) is 8.73. The predicted molar refractivity (Wildman–Crippen MR) is 94.8 cm³/mol. The molecule has 1 unspecified atom stereocenters. The van der Waals surface area contributed by atoms with E-state index in [1.165, 1.54) is 12.8 Å². The van der Waals surface area contributed by atoms with Gasteiger partial charge in [-0.1, -0.05) is 12.1 Å². The molecule has 126 valence electrons. The average Bonchev–Trinajstić information content (AvgIpc) is 2.69. The van der Waals surface area contributed by atoms with Crippen LogP contribution in [-0.2, 0) is 0 Å². The second-order valence-corrected chi connectivity index (χ2v) is 6.81. The van der Waals surface area contributed by atoms with Gasteiger partial charge in [-0.15, -0.1) is 0 Å². The molecule has 3 aliphatic heterocycles. The van der Waals surface area contributed by atoms with Crippen molar-refractivity contribution in [1.82, 2.24) is 15.2 Å². The second kappa shape index (κ2) is 6.66. The minimum Gasteiger partial charge on any atom is -0.348 e. The number of benzene rings is 1. The highest BCUT2D eigenvalue weighted by Crippen LogP contribution is 2.28. The minimum absolute atomic E-state index is 0.0389. The number of rotatable bonds is 3.